The monoisotopic (exact) mass is 345 g/mol. The molecular formula is C18H23N3O2S. The lowest BCUT2D eigenvalue weighted by Gasteiger charge is -2.35. The van der Waals surface area contributed by atoms with Gasteiger partial charge in [-0.25, -0.2) is 13.4 Å². The number of hydrogen-bond acceptors (Lipinski definition) is 4. The van der Waals surface area contributed by atoms with Crippen molar-refractivity contribution in [2.24, 2.45) is 0 Å². The first kappa shape index (κ1) is 16.9. The van der Waals surface area contributed by atoms with Gasteiger partial charge in [0.15, 0.2) is 0 Å². The summed E-state index contributed by atoms with van der Waals surface area (Å²) in [4.78, 5) is 4.70. The van der Waals surface area contributed by atoms with Gasteiger partial charge in [0.1, 0.15) is 5.82 Å². The third kappa shape index (κ3) is 3.16. The van der Waals surface area contributed by atoms with Gasteiger partial charge in [0.05, 0.1) is 10.9 Å². The molecule has 1 aliphatic rings. The van der Waals surface area contributed by atoms with Gasteiger partial charge in [-0.3, -0.25) is 0 Å². The van der Waals surface area contributed by atoms with Crippen molar-refractivity contribution >= 4 is 15.8 Å². The molecule has 1 saturated heterocycles. The van der Waals surface area contributed by atoms with E-state index in [1.807, 2.05) is 38.2 Å². The van der Waals surface area contributed by atoms with E-state index in [0.717, 1.165) is 36.2 Å². The van der Waals surface area contributed by atoms with Crippen LogP contribution in [0.25, 0.3) is 0 Å². The van der Waals surface area contributed by atoms with E-state index in [-0.39, 0.29) is 6.04 Å². The Morgan fingerprint density at radius 2 is 1.92 bits per heavy atom. The average molecular weight is 345 g/mol. The molecule has 24 heavy (non-hydrogen) atoms. The van der Waals surface area contributed by atoms with E-state index >= 15 is 0 Å². The Hall–Kier alpha value is -1.92. The number of sulfonamides is 1. The maximum atomic E-state index is 13.2. The predicted molar refractivity (Wildman–Crippen MR) is 95.4 cm³/mol. The third-order valence-electron chi connectivity index (χ3n) is 4.52. The summed E-state index contributed by atoms with van der Waals surface area (Å²) < 4.78 is 28.0. The van der Waals surface area contributed by atoms with Gasteiger partial charge in [0.2, 0.25) is 10.0 Å². The second kappa shape index (κ2) is 6.91. The number of anilines is 1. The van der Waals surface area contributed by atoms with E-state index in [9.17, 15) is 8.42 Å². The highest BCUT2D eigenvalue weighted by Gasteiger charge is 2.35. The zero-order valence-corrected chi connectivity index (χ0v) is 14.9. The first-order valence-electron chi connectivity index (χ1n) is 8.25. The summed E-state index contributed by atoms with van der Waals surface area (Å²) in [6.07, 6.45) is 4.43. The van der Waals surface area contributed by atoms with Gasteiger partial charge in [-0.15, -0.1) is 0 Å². The number of hydrogen-bond donors (Lipinski definition) is 1. The molecule has 1 aliphatic heterocycles. The van der Waals surface area contributed by atoms with Gasteiger partial charge < -0.3 is 5.32 Å². The fourth-order valence-corrected chi connectivity index (χ4v) is 4.92. The minimum Gasteiger partial charge on any atom is -0.373 e. The largest absolute Gasteiger partial charge is 0.373 e. The summed E-state index contributed by atoms with van der Waals surface area (Å²) in [6.45, 7) is 2.49. The van der Waals surface area contributed by atoms with Crippen LogP contribution in [0.3, 0.4) is 0 Å². The summed E-state index contributed by atoms with van der Waals surface area (Å²) in [5.74, 6) is 0.744. The van der Waals surface area contributed by atoms with Gasteiger partial charge >= 0.3 is 0 Å². The molecule has 0 amide bonds. The highest BCUT2D eigenvalue weighted by molar-refractivity contribution is 7.89. The molecule has 1 atom stereocenters. The van der Waals surface area contributed by atoms with Crippen molar-refractivity contribution < 1.29 is 8.42 Å². The average Bonchev–Trinajstić information content (AvgIpc) is 2.62. The van der Waals surface area contributed by atoms with Crippen molar-refractivity contribution in [3.8, 4) is 0 Å². The van der Waals surface area contributed by atoms with Crippen LogP contribution in [0.4, 0.5) is 5.82 Å². The topological polar surface area (TPSA) is 62.3 Å². The fraction of sp³-hybridized carbons (Fsp3) is 0.389. The molecule has 0 bridgehead atoms. The van der Waals surface area contributed by atoms with Crippen LogP contribution in [0, 0.1) is 6.92 Å². The van der Waals surface area contributed by atoms with Crippen molar-refractivity contribution in [1.29, 1.82) is 0 Å². The van der Waals surface area contributed by atoms with Gasteiger partial charge in [0.25, 0.3) is 0 Å². The molecule has 6 heteroatoms. The van der Waals surface area contributed by atoms with Crippen LogP contribution in [-0.2, 0) is 10.0 Å². The lowest BCUT2D eigenvalue weighted by Crippen LogP contribution is -2.38. The molecule has 1 N–H and O–H groups in total. The number of pyridine rings is 1. The van der Waals surface area contributed by atoms with E-state index < -0.39 is 10.0 Å². The van der Waals surface area contributed by atoms with Crippen LogP contribution < -0.4 is 5.32 Å². The van der Waals surface area contributed by atoms with Gasteiger partial charge in [0, 0.05) is 25.4 Å². The minimum absolute atomic E-state index is 0.179. The van der Waals surface area contributed by atoms with Crippen molar-refractivity contribution in [1.82, 2.24) is 9.29 Å². The molecule has 0 radical (unpaired) electrons. The molecule has 5 nitrogen and oxygen atoms in total. The summed E-state index contributed by atoms with van der Waals surface area (Å²) in [5.41, 5.74) is 1.99. The zero-order chi connectivity index (χ0) is 17.2. The number of nitrogens with zero attached hydrogens (tertiary/aromatic N) is 2. The van der Waals surface area contributed by atoms with Crippen molar-refractivity contribution in [3.05, 3.63) is 53.7 Å². The summed E-state index contributed by atoms with van der Waals surface area (Å²) in [5, 5.41) is 3.08. The number of benzene rings is 1. The maximum Gasteiger partial charge on any atom is 0.243 e. The SMILES string of the molecule is CNc1ncccc1[C@H]1CCCCN1S(=O)(=O)c1ccc(C)cc1. The van der Waals surface area contributed by atoms with Crippen LogP contribution in [0.1, 0.15) is 36.4 Å². The number of rotatable bonds is 4. The minimum atomic E-state index is -3.52. The molecule has 0 spiro atoms. The molecule has 1 aromatic carbocycles. The highest BCUT2D eigenvalue weighted by Crippen LogP contribution is 2.37. The van der Waals surface area contributed by atoms with Crippen LogP contribution in [0.5, 0.6) is 0 Å². The van der Waals surface area contributed by atoms with E-state index in [2.05, 4.69) is 10.3 Å². The Morgan fingerprint density at radius 3 is 2.62 bits per heavy atom. The molecule has 0 aliphatic carbocycles. The Balaban J connectivity index is 2.02. The Bertz CT molecular complexity index is 803. The normalized spacial score (nSPS) is 19.2. The van der Waals surface area contributed by atoms with Gasteiger partial charge in [-0.1, -0.05) is 30.2 Å². The molecule has 0 unspecified atom stereocenters. The van der Waals surface area contributed by atoms with Crippen molar-refractivity contribution in [2.75, 3.05) is 18.9 Å². The van der Waals surface area contributed by atoms with Gasteiger partial charge in [-0.2, -0.15) is 4.31 Å². The molecule has 2 aromatic rings. The summed E-state index contributed by atoms with van der Waals surface area (Å²) >= 11 is 0. The Labute approximate surface area is 143 Å². The second-order valence-electron chi connectivity index (χ2n) is 6.13. The highest BCUT2D eigenvalue weighted by atomic mass is 32.2. The Morgan fingerprint density at radius 1 is 1.17 bits per heavy atom. The number of piperidine rings is 1. The third-order valence-corrected chi connectivity index (χ3v) is 6.44. The lowest BCUT2D eigenvalue weighted by molar-refractivity contribution is 0.256. The summed E-state index contributed by atoms with van der Waals surface area (Å²) in [6, 6.07) is 10.7. The second-order valence-corrected chi connectivity index (χ2v) is 8.02. The van der Waals surface area contributed by atoms with Crippen molar-refractivity contribution in [2.45, 2.75) is 37.1 Å². The van der Waals surface area contributed by atoms with E-state index in [4.69, 9.17) is 0 Å². The molecule has 3 rings (SSSR count). The van der Waals surface area contributed by atoms with Crippen LogP contribution in [0.15, 0.2) is 47.5 Å². The first-order chi connectivity index (χ1) is 11.5. The molecule has 0 saturated carbocycles. The summed E-state index contributed by atoms with van der Waals surface area (Å²) in [7, 11) is -1.71. The van der Waals surface area contributed by atoms with Crippen molar-refractivity contribution in [3.63, 3.8) is 0 Å². The van der Waals surface area contributed by atoms with E-state index in [1.165, 1.54) is 0 Å². The molecule has 128 valence electrons. The van der Waals surface area contributed by atoms with Crippen LogP contribution >= 0.6 is 0 Å². The van der Waals surface area contributed by atoms with Crippen LogP contribution in [-0.4, -0.2) is 31.3 Å². The maximum absolute atomic E-state index is 13.2. The van der Waals surface area contributed by atoms with E-state index in [1.54, 1.807) is 22.6 Å². The van der Waals surface area contributed by atoms with E-state index in [0.29, 0.717) is 11.4 Å². The lowest BCUT2D eigenvalue weighted by atomic mass is 9.98. The first-order valence-corrected chi connectivity index (χ1v) is 9.69. The zero-order valence-electron chi connectivity index (χ0n) is 14.1. The van der Waals surface area contributed by atoms with Crippen LogP contribution in [0.2, 0.25) is 0 Å². The molecule has 2 heterocycles. The van der Waals surface area contributed by atoms with Gasteiger partial charge in [-0.05, 0) is 38.0 Å². The predicted octanol–water partition coefficient (Wildman–Crippen LogP) is 3.35. The number of aryl methyl sites for hydroxylation is 1. The Kier molecular flexibility index (Phi) is 4.87. The quantitative estimate of drug-likeness (QED) is 0.923. The standard InChI is InChI=1S/C18H23N3O2S/c1-14-8-10-15(11-9-14)24(22,23)21-13-4-3-7-17(21)16-6-5-12-20-18(16)19-2/h5-6,8-12,17H,3-4,7,13H2,1-2H3,(H,19,20)/t17-/m1/s1. The molecular weight excluding hydrogens is 322 g/mol. The number of nitrogens with one attached hydrogen (secondary N) is 1. The smallest absolute Gasteiger partial charge is 0.243 e. The molecule has 1 fully saturated rings. The number of aromatic nitrogens is 1. The fourth-order valence-electron chi connectivity index (χ4n) is 3.24. The molecule has 1 aromatic heterocycles.